The van der Waals surface area contributed by atoms with E-state index < -0.39 is 10.4 Å². The van der Waals surface area contributed by atoms with Crippen LogP contribution in [0.1, 0.15) is 149 Å². The summed E-state index contributed by atoms with van der Waals surface area (Å²) in [5.74, 6) is 0.201. The van der Waals surface area contributed by atoms with Crippen LogP contribution in [-0.4, -0.2) is 19.6 Å². The molecule has 0 amide bonds. The molecule has 0 rings (SSSR count). The Bertz CT molecular complexity index is 443. The van der Waals surface area contributed by atoms with Crippen molar-refractivity contribution < 1.29 is 68.5 Å². The van der Waals surface area contributed by atoms with Crippen molar-refractivity contribution in [1.82, 2.24) is 0 Å². The second kappa shape index (κ2) is 26.1. The van der Waals surface area contributed by atoms with Gasteiger partial charge in [0.05, 0.1) is 6.61 Å². The molecule has 0 aromatic carbocycles. The fourth-order valence-corrected chi connectivity index (χ4v) is 4.51. The largest absolute Gasteiger partial charge is 1.00 e. The van der Waals surface area contributed by atoms with E-state index in [0.29, 0.717) is 0 Å². The molecule has 182 valence electrons. The predicted molar refractivity (Wildman–Crippen MR) is 127 cm³/mol. The monoisotopic (exact) mass is 486 g/mol. The maximum absolute atomic E-state index is 10.8. The first-order valence-corrected chi connectivity index (χ1v) is 14.4. The normalized spacial score (nSPS) is 12.6. The van der Waals surface area contributed by atoms with Crippen molar-refractivity contribution in [2.24, 2.45) is 5.92 Å². The van der Waals surface area contributed by atoms with Gasteiger partial charge in [0, 0.05) is 0 Å². The van der Waals surface area contributed by atoms with E-state index in [4.69, 9.17) is 0 Å². The Hall–Kier alpha value is 1.51. The van der Waals surface area contributed by atoms with Crippen LogP contribution in [0.25, 0.3) is 0 Å². The molecule has 0 fully saturated rings. The van der Waals surface area contributed by atoms with Crippen molar-refractivity contribution in [2.45, 2.75) is 149 Å². The maximum atomic E-state index is 10.8. The average molecular weight is 487 g/mol. The first-order chi connectivity index (χ1) is 14.5. The van der Waals surface area contributed by atoms with Gasteiger partial charge in [0.1, 0.15) is 0 Å². The molecule has 0 N–H and O–H groups in total. The molecule has 6 heteroatoms. The molecule has 0 spiro atoms. The van der Waals surface area contributed by atoms with Crippen molar-refractivity contribution in [2.75, 3.05) is 6.61 Å². The number of unbranched alkanes of at least 4 members (excludes halogenated alkanes) is 17. The standard InChI is InChI=1S/C25H52O4S.K/c1-3-5-7-9-11-13-15-17-19-21-23-25(24-29-30(26,27)28)22-20-18-16-14-12-10-8-6-4-2;/h25H,3-24H2,1-2H3,(H,26,27,28);/q;+1/p-1. The summed E-state index contributed by atoms with van der Waals surface area (Å²) in [6, 6.07) is 0. The van der Waals surface area contributed by atoms with Crippen LogP contribution >= 0.6 is 0 Å². The van der Waals surface area contributed by atoms with Crippen LogP contribution in [0, 0.1) is 5.92 Å². The first kappa shape index (κ1) is 34.7. The molecule has 0 bridgehead atoms. The molecule has 0 heterocycles. The van der Waals surface area contributed by atoms with Gasteiger partial charge in [-0.05, 0) is 18.8 Å². The Labute approximate surface area is 237 Å². The fraction of sp³-hybridized carbons (Fsp3) is 1.00. The van der Waals surface area contributed by atoms with Crippen LogP contribution in [0.4, 0.5) is 0 Å². The summed E-state index contributed by atoms with van der Waals surface area (Å²) in [4.78, 5) is 0. The van der Waals surface area contributed by atoms with E-state index >= 15 is 0 Å². The van der Waals surface area contributed by atoms with Crippen LogP contribution < -0.4 is 51.4 Å². The van der Waals surface area contributed by atoms with Crippen molar-refractivity contribution in [3.63, 3.8) is 0 Å². The Morgan fingerprint density at radius 1 is 0.581 bits per heavy atom. The zero-order valence-corrected chi connectivity index (χ0v) is 25.1. The Kier molecular flexibility index (Phi) is 29.2. The van der Waals surface area contributed by atoms with E-state index in [1.165, 1.54) is 109 Å². The molecule has 31 heavy (non-hydrogen) atoms. The van der Waals surface area contributed by atoms with Crippen molar-refractivity contribution in [1.29, 1.82) is 0 Å². The molecule has 4 nitrogen and oxygen atoms in total. The predicted octanol–water partition coefficient (Wildman–Crippen LogP) is 5.32. The maximum Gasteiger partial charge on any atom is 1.00 e. The van der Waals surface area contributed by atoms with Crippen LogP contribution in [0.2, 0.25) is 0 Å². The zero-order valence-electron chi connectivity index (χ0n) is 21.2. The van der Waals surface area contributed by atoms with Crippen LogP contribution in [0.15, 0.2) is 0 Å². The fourth-order valence-electron chi connectivity index (χ4n) is 4.15. The van der Waals surface area contributed by atoms with Crippen molar-refractivity contribution in [3.05, 3.63) is 0 Å². The van der Waals surface area contributed by atoms with Gasteiger partial charge in [0.2, 0.25) is 10.4 Å². The second-order valence-electron chi connectivity index (χ2n) is 9.15. The van der Waals surface area contributed by atoms with E-state index in [1.807, 2.05) is 0 Å². The van der Waals surface area contributed by atoms with E-state index in [-0.39, 0.29) is 63.9 Å². The van der Waals surface area contributed by atoms with E-state index in [0.717, 1.165) is 25.7 Å². The summed E-state index contributed by atoms with van der Waals surface area (Å²) in [7, 11) is -4.57. The van der Waals surface area contributed by atoms with Gasteiger partial charge in [-0.2, -0.15) is 0 Å². The molecule has 0 saturated carbocycles. The van der Waals surface area contributed by atoms with Gasteiger partial charge in [-0.25, -0.2) is 8.42 Å². The average Bonchev–Trinajstić information content (AvgIpc) is 2.70. The van der Waals surface area contributed by atoms with Crippen molar-refractivity contribution in [3.8, 4) is 0 Å². The summed E-state index contributed by atoms with van der Waals surface area (Å²) in [5, 5.41) is 0. The molecule has 1 atom stereocenters. The smallest absolute Gasteiger partial charge is 0.726 e. The topological polar surface area (TPSA) is 66.4 Å². The van der Waals surface area contributed by atoms with Gasteiger partial charge in [0.25, 0.3) is 0 Å². The zero-order chi connectivity index (χ0) is 22.3. The van der Waals surface area contributed by atoms with Crippen LogP contribution in [0.5, 0.6) is 0 Å². The summed E-state index contributed by atoms with van der Waals surface area (Å²) < 4.78 is 37.1. The van der Waals surface area contributed by atoms with E-state index in [9.17, 15) is 13.0 Å². The quantitative estimate of drug-likeness (QED) is 0.0802. The molecule has 0 aromatic heterocycles. The molecule has 0 aromatic rings. The third kappa shape index (κ3) is 29.5. The van der Waals surface area contributed by atoms with Crippen molar-refractivity contribution >= 4 is 10.4 Å². The number of hydrogen-bond acceptors (Lipinski definition) is 4. The second-order valence-corrected chi connectivity index (χ2v) is 10.2. The third-order valence-electron chi connectivity index (χ3n) is 6.13. The minimum absolute atomic E-state index is 0. The third-order valence-corrected chi connectivity index (χ3v) is 6.55. The molecule has 0 aliphatic heterocycles. The summed E-state index contributed by atoms with van der Waals surface area (Å²) in [6.07, 6.45) is 26.5. The molecular weight excluding hydrogens is 435 g/mol. The summed E-state index contributed by atoms with van der Waals surface area (Å²) in [6.45, 7) is 4.56. The SMILES string of the molecule is CCCCCCCCCCCCC(CCCCCCCCCCC)COS(=O)(=O)[O-].[K+]. The summed E-state index contributed by atoms with van der Waals surface area (Å²) >= 11 is 0. The van der Waals surface area contributed by atoms with Gasteiger partial charge < -0.3 is 4.55 Å². The van der Waals surface area contributed by atoms with E-state index in [2.05, 4.69) is 18.0 Å². The molecular formula is C25H51KO4S. The summed E-state index contributed by atoms with van der Waals surface area (Å²) in [5.41, 5.74) is 0. The Morgan fingerprint density at radius 3 is 1.16 bits per heavy atom. The van der Waals surface area contributed by atoms with Crippen LogP contribution in [-0.2, 0) is 14.6 Å². The minimum Gasteiger partial charge on any atom is -0.726 e. The molecule has 0 saturated heterocycles. The van der Waals surface area contributed by atoms with Gasteiger partial charge in [-0.15, -0.1) is 0 Å². The first-order valence-electron chi connectivity index (χ1n) is 13.1. The van der Waals surface area contributed by atoms with Crippen LogP contribution in [0.3, 0.4) is 0 Å². The van der Waals surface area contributed by atoms with Gasteiger partial charge in [-0.1, -0.05) is 136 Å². The van der Waals surface area contributed by atoms with Gasteiger partial charge in [-0.3, -0.25) is 4.18 Å². The molecule has 0 aliphatic rings. The Morgan fingerprint density at radius 2 is 0.871 bits per heavy atom. The molecule has 1 unspecified atom stereocenters. The minimum atomic E-state index is -4.57. The number of rotatable bonds is 24. The Balaban J connectivity index is 0. The molecule has 0 radical (unpaired) electrons. The van der Waals surface area contributed by atoms with Gasteiger partial charge >= 0.3 is 51.4 Å². The van der Waals surface area contributed by atoms with Gasteiger partial charge in [0.15, 0.2) is 0 Å². The molecule has 0 aliphatic carbocycles. The number of hydrogen-bond donors (Lipinski definition) is 0. The van der Waals surface area contributed by atoms with E-state index in [1.54, 1.807) is 0 Å².